The van der Waals surface area contributed by atoms with Gasteiger partial charge < -0.3 is 5.11 Å². The van der Waals surface area contributed by atoms with Crippen LogP contribution >= 0.6 is 0 Å². The van der Waals surface area contributed by atoms with E-state index in [9.17, 15) is 5.11 Å². The molecule has 0 aliphatic carbocycles. The van der Waals surface area contributed by atoms with Crippen molar-refractivity contribution >= 4 is 5.71 Å². The maximum atomic E-state index is 10.6. The fraction of sp³-hybridized carbons (Fsp3) is 0.800. The van der Waals surface area contributed by atoms with E-state index in [1.165, 1.54) is 0 Å². The van der Waals surface area contributed by atoms with E-state index in [0.717, 1.165) is 12.1 Å². The van der Waals surface area contributed by atoms with Gasteiger partial charge in [0.2, 0.25) is 0 Å². The Kier molecular flexibility index (Phi) is 3.74. The fourth-order valence-electron chi connectivity index (χ4n) is 1.76. The van der Waals surface area contributed by atoms with E-state index in [2.05, 4.69) is 58.4 Å². The minimum atomic E-state index is -0.986. The number of hydrogen-bond acceptors (Lipinski definition) is 2. The van der Waals surface area contributed by atoms with Gasteiger partial charge in [-0.25, -0.2) is 0 Å². The summed E-state index contributed by atoms with van der Waals surface area (Å²) in [4.78, 5) is 4.44. The molecule has 0 aromatic rings. The molecule has 1 heterocycles. The van der Waals surface area contributed by atoms with E-state index >= 15 is 0 Å². The molecule has 1 rings (SSSR count). The van der Waals surface area contributed by atoms with Crippen LogP contribution in [0.1, 0.15) is 54.4 Å². The van der Waals surface area contributed by atoms with Crippen molar-refractivity contribution in [3.63, 3.8) is 0 Å². The largest absolute Gasteiger partial charge is 0.372 e. The maximum Gasteiger partial charge on any atom is 0.165 e. The van der Waals surface area contributed by atoms with Crippen molar-refractivity contribution in [1.82, 2.24) is 0 Å². The van der Waals surface area contributed by atoms with E-state index < -0.39 is 5.60 Å². The van der Waals surface area contributed by atoms with E-state index in [1.54, 1.807) is 0 Å². The zero-order valence-electron chi connectivity index (χ0n) is 12.0. The summed E-state index contributed by atoms with van der Waals surface area (Å²) in [5, 5.41) is 10.6. The van der Waals surface area contributed by atoms with Gasteiger partial charge in [0.25, 0.3) is 0 Å². The molecule has 96 valence electrons. The van der Waals surface area contributed by atoms with Gasteiger partial charge in [-0.3, -0.25) is 4.99 Å². The molecule has 0 saturated heterocycles. The summed E-state index contributed by atoms with van der Waals surface area (Å²) >= 11 is 0. The number of aliphatic imine (C=N–C) groups is 1. The van der Waals surface area contributed by atoms with Gasteiger partial charge in [-0.05, 0) is 32.6 Å². The van der Waals surface area contributed by atoms with Crippen molar-refractivity contribution in [3.05, 3.63) is 0 Å². The third kappa shape index (κ3) is 4.52. The van der Waals surface area contributed by atoms with Gasteiger partial charge in [-0.1, -0.05) is 32.6 Å². The molecule has 0 saturated carbocycles. The first-order chi connectivity index (χ1) is 7.52. The second kappa shape index (κ2) is 4.46. The average Bonchev–Trinajstić information content (AvgIpc) is 2.42. The molecule has 0 bridgehead atoms. The minimum Gasteiger partial charge on any atom is -0.372 e. The van der Waals surface area contributed by atoms with Crippen LogP contribution in [0.15, 0.2) is 4.99 Å². The molecule has 0 fully saturated rings. The smallest absolute Gasteiger partial charge is 0.165 e. The van der Waals surface area contributed by atoms with Crippen molar-refractivity contribution in [2.24, 2.45) is 15.8 Å². The third-order valence-corrected chi connectivity index (χ3v) is 2.60. The Morgan fingerprint density at radius 1 is 1.24 bits per heavy atom. The SMILES string of the molecule is CC(C)(C)C#CC1(O)CCN=C1CC(C)(C)C. The molecular weight excluding hydrogens is 210 g/mol. The van der Waals surface area contributed by atoms with E-state index in [4.69, 9.17) is 0 Å². The summed E-state index contributed by atoms with van der Waals surface area (Å²) in [6.07, 6.45) is 1.45. The topological polar surface area (TPSA) is 32.6 Å². The Labute approximate surface area is 106 Å². The van der Waals surface area contributed by atoms with E-state index in [0.29, 0.717) is 13.0 Å². The second-order valence-corrected chi connectivity index (χ2v) is 7.18. The Morgan fingerprint density at radius 3 is 2.29 bits per heavy atom. The highest BCUT2D eigenvalue weighted by molar-refractivity contribution is 5.97. The van der Waals surface area contributed by atoms with Crippen LogP contribution in [0.3, 0.4) is 0 Å². The van der Waals surface area contributed by atoms with Gasteiger partial charge in [0, 0.05) is 18.4 Å². The van der Waals surface area contributed by atoms with Crippen molar-refractivity contribution in [1.29, 1.82) is 0 Å². The summed E-state index contributed by atoms with van der Waals surface area (Å²) in [5.41, 5.74) is -0.0616. The highest BCUT2D eigenvalue weighted by Gasteiger charge is 2.37. The van der Waals surface area contributed by atoms with Gasteiger partial charge in [0.05, 0.1) is 5.71 Å². The lowest BCUT2D eigenvalue weighted by atomic mass is 9.82. The molecule has 0 radical (unpaired) electrons. The monoisotopic (exact) mass is 235 g/mol. The van der Waals surface area contributed by atoms with Crippen LogP contribution in [0.25, 0.3) is 0 Å². The Balaban J connectivity index is 2.89. The zero-order valence-corrected chi connectivity index (χ0v) is 12.0. The van der Waals surface area contributed by atoms with Gasteiger partial charge in [-0.15, -0.1) is 0 Å². The van der Waals surface area contributed by atoms with Crippen molar-refractivity contribution in [2.45, 2.75) is 60.0 Å². The third-order valence-electron chi connectivity index (χ3n) is 2.60. The van der Waals surface area contributed by atoms with Gasteiger partial charge in [0.15, 0.2) is 5.60 Å². The summed E-state index contributed by atoms with van der Waals surface area (Å²) in [6.45, 7) is 13.3. The fourth-order valence-corrected chi connectivity index (χ4v) is 1.76. The molecule has 1 atom stereocenters. The minimum absolute atomic E-state index is 0.0782. The molecule has 1 N–H and O–H groups in total. The normalized spacial score (nSPS) is 25.2. The molecule has 17 heavy (non-hydrogen) atoms. The second-order valence-electron chi connectivity index (χ2n) is 7.18. The Morgan fingerprint density at radius 2 is 1.82 bits per heavy atom. The number of hydrogen-bond donors (Lipinski definition) is 1. The first-order valence-electron chi connectivity index (χ1n) is 6.32. The van der Waals surface area contributed by atoms with Gasteiger partial charge in [0.1, 0.15) is 0 Å². The van der Waals surface area contributed by atoms with Crippen LogP contribution in [0.2, 0.25) is 0 Å². The van der Waals surface area contributed by atoms with Gasteiger partial charge >= 0.3 is 0 Å². The van der Waals surface area contributed by atoms with Crippen molar-refractivity contribution < 1.29 is 5.11 Å². The standard InChI is InChI=1S/C15H25NO/c1-13(2,3)7-8-15(17)9-10-16-12(15)11-14(4,5)6/h17H,9-11H2,1-6H3. The molecule has 0 aromatic heterocycles. The van der Waals surface area contributed by atoms with Crippen LogP contribution in [-0.2, 0) is 0 Å². The lowest BCUT2D eigenvalue weighted by Gasteiger charge is -2.25. The summed E-state index contributed by atoms with van der Waals surface area (Å²) in [5.74, 6) is 6.18. The highest BCUT2D eigenvalue weighted by atomic mass is 16.3. The predicted octanol–water partition coefficient (Wildman–Crippen LogP) is 3.05. The number of aliphatic hydroxyl groups is 1. The Bertz CT molecular complexity index is 370. The molecule has 0 amide bonds. The van der Waals surface area contributed by atoms with Crippen LogP contribution < -0.4 is 0 Å². The summed E-state index contributed by atoms with van der Waals surface area (Å²) in [7, 11) is 0. The maximum absolute atomic E-state index is 10.6. The predicted molar refractivity (Wildman–Crippen MR) is 73.2 cm³/mol. The lowest BCUT2D eigenvalue weighted by molar-refractivity contribution is 0.169. The number of rotatable bonds is 1. The zero-order chi connectivity index (χ0) is 13.3. The Hall–Kier alpha value is -0.810. The van der Waals surface area contributed by atoms with E-state index in [1.807, 2.05) is 0 Å². The first kappa shape index (κ1) is 14.3. The molecule has 2 heteroatoms. The molecule has 0 spiro atoms. The molecular formula is C15H25NO. The van der Waals surface area contributed by atoms with Gasteiger partial charge in [-0.2, -0.15) is 0 Å². The van der Waals surface area contributed by atoms with Crippen LogP contribution in [0, 0.1) is 22.7 Å². The van der Waals surface area contributed by atoms with Crippen molar-refractivity contribution in [2.75, 3.05) is 6.54 Å². The van der Waals surface area contributed by atoms with Crippen LogP contribution in [0.5, 0.6) is 0 Å². The molecule has 2 nitrogen and oxygen atoms in total. The summed E-state index contributed by atoms with van der Waals surface area (Å²) in [6, 6.07) is 0. The van der Waals surface area contributed by atoms with Crippen molar-refractivity contribution in [3.8, 4) is 11.8 Å². The highest BCUT2D eigenvalue weighted by Crippen LogP contribution is 2.29. The van der Waals surface area contributed by atoms with Crippen LogP contribution in [0.4, 0.5) is 0 Å². The van der Waals surface area contributed by atoms with E-state index in [-0.39, 0.29) is 10.8 Å². The molecule has 1 aliphatic heterocycles. The van der Waals surface area contributed by atoms with Crippen LogP contribution in [-0.4, -0.2) is 23.0 Å². The quantitative estimate of drug-likeness (QED) is 0.696. The molecule has 1 aliphatic rings. The summed E-state index contributed by atoms with van der Waals surface area (Å²) < 4.78 is 0. The molecule has 1 unspecified atom stereocenters. The molecule has 0 aromatic carbocycles. The lowest BCUT2D eigenvalue weighted by Crippen LogP contribution is -2.36. The average molecular weight is 235 g/mol. The first-order valence-corrected chi connectivity index (χ1v) is 6.32. The number of nitrogens with zero attached hydrogens (tertiary/aromatic N) is 1.